The molecule has 0 amide bonds. The first-order valence-corrected chi connectivity index (χ1v) is 12.9. The van der Waals surface area contributed by atoms with Gasteiger partial charge in [-0.15, -0.1) is 0 Å². The molecule has 1 nitrogen and oxygen atoms in total. The molecule has 29 heavy (non-hydrogen) atoms. The van der Waals surface area contributed by atoms with Crippen molar-refractivity contribution in [2.75, 3.05) is 0 Å². The Kier molecular flexibility index (Phi) is 5.84. The molecule has 1 unspecified atom stereocenters. The SMILES string of the molecule is CC(C)CCC[C@@H](C)[C@H]1CC[C@H]2[C@@H]3CCC4[C@H](C)C(=O)C=C[C@]4(C)[C@H]3CC[C@]12C. The summed E-state index contributed by atoms with van der Waals surface area (Å²) in [6.07, 6.45) is 17.0. The van der Waals surface area contributed by atoms with Gasteiger partial charge in [-0.1, -0.05) is 66.9 Å². The normalized spacial score (nSPS) is 47.6. The van der Waals surface area contributed by atoms with Crippen LogP contribution in [0.1, 0.15) is 99.3 Å². The summed E-state index contributed by atoms with van der Waals surface area (Å²) < 4.78 is 0. The smallest absolute Gasteiger partial charge is 0.158 e. The first-order chi connectivity index (χ1) is 13.7. The van der Waals surface area contributed by atoms with Crippen molar-refractivity contribution in [3.8, 4) is 0 Å². The standard InChI is InChI=1S/C28H46O/c1-18(2)8-7-9-19(3)22-12-13-24-21-10-11-23-20(4)26(29)15-17-28(23,6)25(21)14-16-27(22,24)5/h15,17-25H,7-14,16H2,1-6H3/t19-,20+,21+,22-,23?,24+,25+,27-,28+/m1/s1. The molecule has 0 heterocycles. The van der Waals surface area contributed by atoms with Gasteiger partial charge in [-0.2, -0.15) is 0 Å². The highest BCUT2D eigenvalue weighted by Gasteiger charge is 2.60. The van der Waals surface area contributed by atoms with Crippen molar-refractivity contribution in [1.82, 2.24) is 0 Å². The molecule has 4 aliphatic rings. The molecule has 0 bridgehead atoms. The number of carbonyl (C=O) groups excluding carboxylic acids is 1. The van der Waals surface area contributed by atoms with Crippen LogP contribution in [0.3, 0.4) is 0 Å². The van der Waals surface area contributed by atoms with Gasteiger partial charge < -0.3 is 0 Å². The number of hydrogen-bond acceptors (Lipinski definition) is 1. The predicted octanol–water partition coefficient (Wildman–Crippen LogP) is 7.70. The quantitative estimate of drug-likeness (QED) is 0.463. The molecule has 0 saturated heterocycles. The van der Waals surface area contributed by atoms with E-state index in [1.165, 1.54) is 57.8 Å². The van der Waals surface area contributed by atoms with Crippen molar-refractivity contribution in [3.05, 3.63) is 12.2 Å². The summed E-state index contributed by atoms with van der Waals surface area (Å²) in [6.45, 7) is 14.7. The molecule has 4 rings (SSSR count). The van der Waals surface area contributed by atoms with E-state index in [0.29, 0.717) is 17.1 Å². The Morgan fingerprint density at radius 3 is 2.41 bits per heavy atom. The summed E-state index contributed by atoms with van der Waals surface area (Å²) in [7, 11) is 0. The molecule has 0 aromatic heterocycles. The fourth-order valence-electron chi connectivity index (χ4n) is 9.09. The third-order valence-corrected chi connectivity index (χ3v) is 10.7. The highest BCUT2D eigenvalue weighted by molar-refractivity contribution is 5.92. The third-order valence-electron chi connectivity index (χ3n) is 10.7. The number of fused-ring (bicyclic) bond motifs is 5. The Morgan fingerprint density at radius 1 is 0.966 bits per heavy atom. The summed E-state index contributed by atoms with van der Waals surface area (Å²) in [5.41, 5.74) is 0.833. The van der Waals surface area contributed by atoms with Gasteiger partial charge in [0.2, 0.25) is 0 Å². The van der Waals surface area contributed by atoms with E-state index in [-0.39, 0.29) is 11.3 Å². The lowest BCUT2D eigenvalue weighted by Crippen LogP contribution is -2.54. The van der Waals surface area contributed by atoms with Gasteiger partial charge >= 0.3 is 0 Å². The maximum Gasteiger partial charge on any atom is 0.158 e. The lowest BCUT2D eigenvalue weighted by molar-refractivity contribution is -0.130. The summed E-state index contributed by atoms with van der Waals surface area (Å²) in [6, 6.07) is 0. The summed E-state index contributed by atoms with van der Waals surface area (Å²) in [5.74, 6) is 6.50. The van der Waals surface area contributed by atoms with Crippen LogP contribution >= 0.6 is 0 Å². The number of rotatable bonds is 5. The fraction of sp³-hybridized carbons (Fsp3) is 0.893. The zero-order valence-corrected chi connectivity index (χ0v) is 20.0. The van der Waals surface area contributed by atoms with Crippen LogP contribution in [-0.4, -0.2) is 5.78 Å². The molecule has 3 fully saturated rings. The van der Waals surface area contributed by atoms with Crippen molar-refractivity contribution < 1.29 is 4.79 Å². The molecule has 0 aromatic rings. The van der Waals surface area contributed by atoms with E-state index in [9.17, 15) is 4.79 Å². The van der Waals surface area contributed by atoms with Gasteiger partial charge in [0.1, 0.15) is 0 Å². The monoisotopic (exact) mass is 398 g/mol. The average molecular weight is 399 g/mol. The van der Waals surface area contributed by atoms with Crippen molar-refractivity contribution in [2.24, 2.45) is 58.2 Å². The topological polar surface area (TPSA) is 17.1 Å². The first-order valence-electron chi connectivity index (χ1n) is 12.9. The Labute approximate surface area is 180 Å². The second-order valence-corrected chi connectivity index (χ2v) is 12.5. The van der Waals surface area contributed by atoms with E-state index >= 15 is 0 Å². The molecule has 0 spiro atoms. The fourth-order valence-corrected chi connectivity index (χ4v) is 9.09. The number of ketones is 1. The maximum atomic E-state index is 12.3. The molecule has 1 heteroatoms. The molecule has 164 valence electrons. The van der Waals surface area contributed by atoms with Gasteiger partial charge in [-0.25, -0.2) is 0 Å². The van der Waals surface area contributed by atoms with Gasteiger partial charge in [-0.3, -0.25) is 4.79 Å². The average Bonchev–Trinajstić information content (AvgIpc) is 3.02. The van der Waals surface area contributed by atoms with Crippen molar-refractivity contribution >= 4 is 5.78 Å². The van der Waals surface area contributed by atoms with Crippen molar-refractivity contribution in [2.45, 2.75) is 99.3 Å². The van der Waals surface area contributed by atoms with Gasteiger partial charge in [-0.05, 0) is 96.9 Å². The van der Waals surface area contributed by atoms with Crippen LogP contribution in [0.2, 0.25) is 0 Å². The lowest BCUT2D eigenvalue weighted by atomic mass is 9.44. The molecule has 0 N–H and O–H groups in total. The Hall–Kier alpha value is -0.590. The van der Waals surface area contributed by atoms with Crippen LogP contribution in [0.25, 0.3) is 0 Å². The second kappa shape index (κ2) is 7.83. The summed E-state index contributed by atoms with van der Waals surface area (Å²) >= 11 is 0. The first kappa shape index (κ1) is 21.6. The van der Waals surface area contributed by atoms with E-state index in [1.54, 1.807) is 0 Å². The number of carbonyl (C=O) groups is 1. The molecular formula is C28H46O. The molecule has 3 saturated carbocycles. The third kappa shape index (κ3) is 3.47. The minimum absolute atomic E-state index is 0.233. The highest BCUT2D eigenvalue weighted by Crippen LogP contribution is 2.68. The largest absolute Gasteiger partial charge is 0.295 e. The minimum Gasteiger partial charge on any atom is -0.295 e. The minimum atomic E-state index is 0.233. The van der Waals surface area contributed by atoms with Crippen LogP contribution < -0.4 is 0 Å². The van der Waals surface area contributed by atoms with Crippen LogP contribution in [0.4, 0.5) is 0 Å². The molecule has 0 aliphatic heterocycles. The number of hydrogen-bond donors (Lipinski definition) is 0. The molecule has 0 aromatic carbocycles. The van der Waals surface area contributed by atoms with Gasteiger partial charge in [0, 0.05) is 5.92 Å². The second-order valence-electron chi connectivity index (χ2n) is 12.5. The molecular weight excluding hydrogens is 352 g/mol. The van der Waals surface area contributed by atoms with Gasteiger partial charge in [0.25, 0.3) is 0 Å². The maximum absolute atomic E-state index is 12.3. The Bertz CT molecular complexity index is 647. The summed E-state index contributed by atoms with van der Waals surface area (Å²) in [4.78, 5) is 12.3. The van der Waals surface area contributed by atoms with Crippen LogP contribution in [0.5, 0.6) is 0 Å². The molecule has 0 radical (unpaired) electrons. The zero-order valence-electron chi connectivity index (χ0n) is 20.0. The van der Waals surface area contributed by atoms with Gasteiger partial charge in [0.15, 0.2) is 5.78 Å². The van der Waals surface area contributed by atoms with Gasteiger partial charge in [0.05, 0.1) is 0 Å². The van der Waals surface area contributed by atoms with Crippen LogP contribution in [0.15, 0.2) is 12.2 Å². The zero-order chi connectivity index (χ0) is 21.0. The van der Waals surface area contributed by atoms with Crippen molar-refractivity contribution in [1.29, 1.82) is 0 Å². The predicted molar refractivity (Wildman–Crippen MR) is 123 cm³/mol. The highest BCUT2D eigenvalue weighted by atomic mass is 16.1. The molecule has 9 atom stereocenters. The molecule has 4 aliphatic carbocycles. The van der Waals surface area contributed by atoms with E-state index in [2.05, 4.69) is 47.6 Å². The van der Waals surface area contributed by atoms with Crippen molar-refractivity contribution in [3.63, 3.8) is 0 Å². The summed E-state index contributed by atoms with van der Waals surface area (Å²) in [5, 5.41) is 0. The number of allylic oxidation sites excluding steroid dienone is 2. The lowest BCUT2D eigenvalue weighted by Gasteiger charge is -2.60. The van der Waals surface area contributed by atoms with Crippen LogP contribution in [0, 0.1) is 58.2 Å². The Morgan fingerprint density at radius 2 is 1.69 bits per heavy atom. The Balaban J connectivity index is 1.51. The van der Waals surface area contributed by atoms with E-state index < -0.39 is 0 Å². The van der Waals surface area contributed by atoms with E-state index in [4.69, 9.17) is 0 Å². The van der Waals surface area contributed by atoms with Crippen LogP contribution in [-0.2, 0) is 4.79 Å². The van der Waals surface area contributed by atoms with E-state index in [0.717, 1.165) is 35.5 Å². The van der Waals surface area contributed by atoms with E-state index in [1.807, 2.05) is 6.08 Å².